The molecule has 3 rings (SSSR count). The first-order valence-electron chi connectivity index (χ1n) is 10.5. The fraction of sp³-hybridized carbons (Fsp3) is 0.950. The van der Waals surface area contributed by atoms with Crippen molar-refractivity contribution >= 4 is 29.9 Å². The molecule has 2 aliphatic heterocycles. The van der Waals surface area contributed by atoms with Gasteiger partial charge in [-0.3, -0.25) is 14.8 Å². The van der Waals surface area contributed by atoms with E-state index in [-0.39, 0.29) is 29.5 Å². The topological polar surface area (TPSA) is 42.9 Å². The standard InChI is InChI=1S/C20H39N5.HI/c1-20(2,25-12-7-4-8-13-25)16-22-19(21-3)23-17-11-14-24(15-17)18-9-5-6-10-18;/h17-18H,4-16H2,1-3H3,(H2,21,22,23);1H. The number of piperidine rings is 1. The third kappa shape index (κ3) is 5.96. The van der Waals surface area contributed by atoms with E-state index in [0.29, 0.717) is 6.04 Å². The molecular formula is C20H40IN5. The van der Waals surface area contributed by atoms with E-state index in [1.54, 1.807) is 0 Å². The number of hydrogen-bond donors (Lipinski definition) is 2. The first kappa shape index (κ1) is 22.2. The van der Waals surface area contributed by atoms with Crippen molar-refractivity contribution in [3.05, 3.63) is 0 Å². The first-order valence-corrected chi connectivity index (χ1v) is 10.5. The van der Waals surface area contributed by atoms with Gasteiger partial charge in [0.05, 0.1) is 0 Å². The van der Waals surface area contributed by atoms with Crippen LogP contribution in [0.3, 0.4) is 0 Å². The molecule has 1 atom stereocenters. The summed E-state index contributed by atoms with van der Waals surface area (Å²) in [7, 11) is 1.90. The SMILES string of the molecule is CN=C(NCC(C)(C)N1CCCCC1)NC1CCN(C2CCCC2)C1.I. The van der Waals surface area contributed by atoms with Crippen molar-refractivity contribution in [1.82, 2.24) is 20.4 Å². The zero-order chi connectivity index (χ0) is 17.7. The number of hydrogen-bond acceptors (Lipinski definition) is 3. The molecule has 5 nitrogen and oxygen atoms in total. The highest BCUT2D eigenvalue weighted by atomic mass is 127. The molecule has 1 saturated carbocycles. The van der Waals surface area contributed by atoms with Gasteiger partial charge in [0.15, 0.2) is 5.96 Å². The van der Waals surface area contributed by atoms with Crippen molar-refractivity contribution in [1.29, 1.82) is 0 Å². The summed E-state index contributed by atoms with van der Waals surface area (Å²) in [5.41, 5.74) is 0.184. The number of rotatable bonds is 5. The Morgan fingerprint density at radius 2 is 1.69 bits per heavy atom. The van der Waals surface area contributed by atoms with Crippen molar-refractivity contribution < 1.29 is 0 Å². The molecule has 3 aliphatic rings. The van der Waals surface area contributed by atoms with Crippen molar-refractivity contribution in [3.8, 4) is 0 Å². The van der Waals surface area contributed by atoms with Crippen LogP contribution in [0, 0.1) is 0 Å². The van der Waals surface area contributed by atoms with E-state index in [9.17, 15) is 0 Å². The van der Waals surface area contributed by atoms with Crippen molar-refractivity contribution in [2.24, 2.45) is 4.99 Å². The van der Waals surface area contributed by atoms with Crippen molar-refractivity contribution in [2.45, 2.75) is 82.8 Å². The maximum absolute atomic E-state index is 4.48. The molecule has 152 valence electrons. The maximum atomic E-state index is 4.48. The second-order valence-electron chi connectivity index (χ2n) is 8.85. The number of nitrogens with one attached hydrogen (secondary N) is 2. The Morgan fingerprint density at radius 1 is 1.00 bits per heavy atom. The lowest BCUT2D eigenvalue weighted by atomic mass is 9.98. The van der Waals surface area contributed by atoms with Gasteiger partial charge < -0.3 is 10.6 Å². The highest BCUT2D eigenvalue weighted by Crippen LogP contribution is 2.26. The molecule has 0 bridgehead atoms. The quantitative estimate of drug-likeness (QED) is 0.363. The third-order valence-corrected chi connectivity index (χ3v) is 6.53. The molecule has 0 radical (unpaired) electrons. The van der Waals surface area contributed by atoms with E-state index in [1.807, 2.05) is 7.05 Å². The maximum Gasteiger partial charge on any atom is 0.191 e. The largest absolute Gasteiger partial charge is 0.355 e. The summed E-state index contributed by atoms with van der Waals surface area (Å²) in [4.78, 5) is 9.82. The van der Waals surface area contributed by atoms with Crippen molar-refractivity contribution in [3.63, 3.8) is 0 Å². The van der Waals surface area contributed by atoms with Crippen LogP contribution in [0.25, 0.3) is 0 Å². The number of likely N-dealkylation sites (tertiary alicyclic amines) is 2. The third-order valence-electron chi connectivity index (χ3n) is 6.53. The Balaban J connectivity index is 0.00000243. The van der Waals surface area contributed by atoms with E-state index in [1.165, 1.54) is 77.5 Å². The molecule has 0 spiro atoms. The molecule has 0 aromatic rings. The van der Waals surface area contributed by atoms with Gasteiger partial charge in [-0.1, -0.05) is 19.3 Å². The van der Waals surface area contributed by atoms with Gasteiger partial charge >= 0.3 is 0 Å². The summed E-state index contributed by atoms with van der Waals surface area (Å²) in [6.07, 6.45) is 11.0. The fourth-order valence-corrected chi connectivity index (χ4v) is 4.81. The van der Waals surface area contributed by atoms with Crippen LogP contribution in [0.1, 0.15) is 65.2 Å². The summed E-state index contributed by atoms with van der Waals surface area (Å²) < 4.78 is 0. The predicted octanol–water partition coefficient (Wildman–Crippen LogP) is 3.05. The number of halogens is 1. The molecule has 3 fully saturated rings. The molecule has 2 N–H and O–H groups in total. The van der Waals surface area contributed by atoms with Gasteiger partial charge in [0.2, 0.25) is 0 Å². The Bertz CT molecular complexity index is 441. The predicted molar refractivity (Wildman–Crippen MR) is 122 cm³/mol. The minimum absolute atomic E-state index is 0. The summed E-state index contributed by atoms with van der Waals surface area (Å²) in [6, 6.07) is 1.39. The molecule has 0 aromatic carbocycles. The molecule has 2 heterocycles. The minimum Gasteiger partial charge on any atom is -0.355 e. The monoisotopic (exact) mass is 477 g/mol. The molecule has 6 heteroatoms. The van der Waals surface area contributed by atoms with E-state index in [4.69, 9.17) is 0 Å². The lowest BCUT2D eigenvalue weighted by Crippen LogP contribution is -2.55. The van der Waals surface area contributed by atoms with Crippen LogP contribution in [0.4, 0.5) is 0 Å². The van der Waals surface area contributed by atoms with Gasteiger partial charge in [0.1, 0.15) is 0 Å². The lowest BCUT2D eigenvalue weighted by Gasteiger charge is -2.41. The van der Waals surface area contributed by atoms with Crippen LogP contribution in [-0.2, 0) is 0 Å². The zero-order valence-electron chi connectivity index (χ0n) is 17.1. The number of nitrogens with zero attached hydrogens (tertiary/aromatic N) is 3. The second kappa shape index (κ2) is 10.5. The van der Waals surface area contributed by atoms with Crippen LogP contribution < -0.4 is 10.6 Å². The van der Waals surface area contributed by atoms with Gasteiger partial charge in [0.25, 0.3) is 0 Å². The highest BCUT2D eigenvalue weighted by molar-refractivity contribution is 14.0. The second-order valence-corrected chi connectivity index (χ2v) is 8.85. The van der Waals surface area contributed by atoms with Gasteiger partial charge in [-0.25, -0.2) is 0 Å². The molecule has 1 aliphatic carbocycles. The van der Waals surface area contributed by atoms with Gasteiger partial charge in [0, 0.05) is 44.3 Å². The smallest absolute Gasteiger partial charge is 0.191 e. The van der Waals surface area contributed by atoms with Gasteiger partial charge in [-0.2, -0.15) is 0 Å². The average Bonchev–Trinajstić information content (AvgIpc) is 3.31. The molecule has 26 heavy (non-hydrogen) atoms. The molecular weight excluding hydrogens is 437 g/mol. The highest BCUT2D eigenvalue weighted by Gasteiger charge is 2.31. The average molecular weight is 477 g/mol. The Morgan fingerprint density at radius 3 is 2.35 bits per heavy atom. The fourth-order valence-electron chi connectivity index (χ4n) is 4.81. The van der Waals surface area contributed by atoms with E-state index >= 15 is 0 Å². The Hall–Kier alpha value is -0.0800. The van der Waals surface area contributed by atoms with Crippen LogP contribution in [0.5, 0.6) is 0 Å². The molecule has 0 amide bonds. The molecule has 1 unspecified atom stereocenters. The van der Waals surface area contributed by atoms with Crippen molar-refractivity contribution in [2.75, 3.05) is 39.8 Å². The van der Waals surface area contributed by atoms with Gasteiger partial charge in [-0.05, 0) is 59.0 Å². The molecule has 2 saturated heterocycles. The Kier molecular flexibility index (Phi) is 8.94. The summed E-state index contributed by atoms with van der Waals surface area (Å²) in [6.45, 7) is 10.6. The van der Waals surface area contributed by atoms with Crippen LogP contribution in [-0.4, -0.2) is 73.2 Å². The van der Waals surface area contributed by atoms with Crippen LogP contribution in [0.2, 0.25) is 0 Å². The van der Waals surface area contributed by atoms with Gasteiger partial charge in [-0.15, -0.1) is 24.0 Å². The molecule has 0 aromatic heterocycles. The van der Waals surface area contributed by atoms with E-state index < -0.39 is 0 Å². The van der Waals surface area contributed by atoms with Crippen LogP contribution >= 0.6 is 24.0 Å². The van der Waals surface area contributed by atoms with Crippen LogP contribution in [0.15, 0.2) is 4.99 Å². The first-order chi connectivity index (χ1) is 12.1. The number of guanidine groups is 1. The number of aliphatic imine (C=N–C) groups is 1. The Labute approximate surface area is 177 Å². The minimum atomic E-state index is 0. The van der Waals surface area contributed by atoms with E-state index in [0.717, 1.165) is 18.5 Å². The summed E-state index contributed by atoms with van der Waals surface area (Å²) in [5.74, 6) is 0.975. The normalized spacial score (nSPS) is 26.7. The summed E-state index contributed by atoms with van der Waals surface area (Å²) >= 11 is 0. The van der Waals surface area contributed by atoms with E-state index in [2.05, 4.69) is 39.3 Å². The lowest BCUT2D eigenvalue weighted by molar-refractivity contribution is 0.0982. The zero-order valence-corrected chi connectivity index (χ0v) is 19.4. The summed E-state index contributed by atoms with van der Waals surface area (Å²) in [5, 5.41) is 7.27.